The summed E-state index contributed by atoms with van der Waals surface area (Å²) in [4.78, 5) is 19.8. The van der Waals surface area contributed by atoms with Crippen molar-refractivity contribution >= 4 is 27.3 Å². The van der Waals surface area contributed by atoms with E-state index >= 15 is 0 Å². The third-order valence-electron chi connectivity index (χ3n) is 2.64. The first-order chi connectivity index (χ1) is 9.74. The number of rotatable bonds is 8. The molecule has 0 aliphatic rings. The molecule has 0 radical (unpaired) electrons. The molecule has 0 aliphatic carbocycles. The molecule has 0 atom stereocenters. The van der Waals surface area contributed by atoms with Crippen molar-refractivity contribution in [1.82, 2.24) is 9.97 Å². The number of hydrogen-bond donors (Lipinski definition) is 1. The Morgan fingerprint density at radius 2 is 2.14 bits per heavy atom. The third-order valence-corrected chi connectivity index (χ3v) is 3.56. The van der Waals surface area contributed by atoms with Gasteiger partial charge in [0.05, 0.1) is 10.7 Å². The van der Waals surface area contributed by atoms with Crippen LogP contribution in [0.15, 0.2) is 6.20 Å². The van der Waals surface area contributed by atoms with Crippen LogP contribution in [-0.2, 0) is 9.84 Å². The SMILES string of the molecule is CCCNc1ncc([N+](=O)[O-])c(N(C)CCS(C)(=O)=O)n1. The second-order valence-corrected chi connectivity index (χ2v) is 6.90. The lowest BCUT2D eigenvalue weighted by Gasteiger charge is -2.17. The fourth-order valence-electron chi connectivity index (χ4n) is 1.51. The molecule has 10 heteroatoms. The molecular weight excluding hydrogens is 298 g/mol. The molecule has 118 valence electrons. The van der Waals surface area contributed by atoms with Gasteiger partial charge in [0.15, 0.2) is 0 Å². The normalized spacial score (nSPS) is 11.2. The van der Waals surface area contributed by atoms with E-state index in [1.54, 1.807) is 7.05 Å². The van der Waals surface area contributed by atoms with E-state index in [2.05, 4.69) is 15.3 Å². The molecule has 0 fully saturated rings. The molecule has 1 N–H and O–H groups in total. The summed E-state index contributed by atoms with van der Waals surface area (Å²) >= 11 is 0. The van der Waals surface area contributed by atoms with Crippen molar-refractivity contribution in [3.63, 3.8) is 0 Å². The molecule has 0 saturated heterocycles. The Hall–Kier alpha value is -1.97. The Morgan fingerprint density at radius 1 is 1.48 bits per heavy atom. The summed E-state index contributed by atoms with van der Waals surface area (Å²) in [5.74, 6) is 0.267. The highest BCUT2D eigenvalue weighted by Gasteiger charge is 2.21. The summed E-state index contributed by atoms with van der Waals surface area (Å²) in [5, 5.41) is 14.0. The molecular formula is C11H19N5O4S. The fraction of sp³-hybridized carbons (Fsp3) is 0.636. The maximum atomic E-state index is 11.2. The van der Waals surface area contributed by atoms with Crippen molar-refractivity contribution in [2.24, 2.45) is 0 Å². The van der Waals surface area contributed by atoms with Gasteiger partial charge in [-0.2, -0.15) is 4.98 Å². The van der Waals surface area contributed by atoms with Crippen molar-refractivity contribution < 1.29 is 13.3 Å². The molecule has 9 nitrogen and oxygen atoms in total. The average molecular weight is 317 g/mol. The Labute approximate surface area is 123 Å². The van der Waals surface area contributed by atoms with Crippen LogP contribution in [0.5, 0.6) is 0 Å². The Kier molecular flexibility index (Phi) is 5.82. The Morgan fingerprint density at radius 3 is 2.67 bits per heavy atom. The highest BCUT2D eigenvalue weighted by molar-refractivity contribution is 7.90. The molecule has 1 aromatic heterocycles. The van der Waals surface area contributed by atoms with Gasteiger partial charge in [-0.1, -0.05) is 6.92 Å². The summed E-state index contributed by atoms with van der Waals surface area (Å²) in [5.41, 5.74) is -0.256. The number of anilines is 2. The van der Waals surface area contributed by atoms with E-state index in [9.17, 15) is 18.5 Å². The zero-order chi connectivity index (χ0) is 16.0. The van der Waals surface area contributed by atoms with Crippen LogP contribution in [0.3, 0.4) is 0 Å². The molecule has 0 amide bonds. The number of nitrogens with one attached hydrogen (secondary N) is 1. The van der Waals surface area contributed by atoms with Crippen molar-refractivity contribution in [2.45, 2.75) is 13.3 Å². The van der Waals surface area contributed by atoms with Crippen molar-refractivity contribution in [2.75, 3.05) is 42.4 Å². The van der Waals surface area contributed by atoms with Gasteiger partial charge in [0.25, 0.3) is 0 Å². The predicted molar refractivity (Wildman–Crippen MR) is 80.4 cm³/mol. The minimum atomic E-state index is -3.16. The van der Waals surface area contributed by atoms with Gasteiger partial charge in [0.2, 0.25) is 11.8 Å². The van der Waals surface area contributed by atoms with E-state index < -0.39 is 14.8 Å². The lowest BCUT2D eigenvalue weighted by Crippen LogP contribution is -2.26. The van der Waals surface area contributed by atoms with Crippen LogP contribution in [0.4, 0.5) is 17.5 Å². The molecule has 1 rings (SSSR count). The maximum absolute atomic E-state index is 11.2. The molecule has 0 unspecified atom stereocenters. The van der Waals surface area contributed by atoms with Crippen LogP contribution < -0.4 is 10.2 Å². The van der Waals surface area contributed by atoms with E-state index in [0.717, 1.165) is 18.9 Å². The summed E-state index contributed by atoms with van der Waals surface area (Å²) in [6, 6.07) is 0. The lowest BCUT2D eigenvalue weighted by molar-refractivity contribution is -0.384. The number of hydrogen-bond acceptors (Lipinski definition) is 8. The molecule has 0 aromatic carbocycles. The van der Waals surface area contributed by atoms with Crippen molar-refractivity contribution in [1.29, 1.82) is 0 Å². The van der Waals surface area contributed by atoms with E-state index in [0.29, 0.717) is 6.54 Å². The molecule has 0 bridgehead atoms. The topological polar surface area (TPSA) is 118 Å². The second-order valence-electron chi connectivity index (χ2n) is 4.64. The van der Waals surface area contributed by atoms with Crippen LogP contribution in [-0.4, -0.2) is 55.5 Å². The minimum Gasteiger partial charge on any atom is -0.354 e. The van der Waals surface area contributed by atoms with Crippen molar-refractivity contribution in [3.8, 4) is 0 Å². The highest BCUT2D eigenvalue weighted by atomic mass is 32.2. The molecule has 0 spiro atoms. The van der Waals surface area contributed by atoms with Gasteiger partial charge in [-0.05, 0) is 6.42 Å². The number of sulfone groups is 1. The van der Waals surface area contributed by atoms with Crippen LogP contribution in [0, 0.1) is 10.1 Å². The fourth-order valence-corrected chi connectivity index (χ4v) is 2.11. The minimum absolute atomic E-state index is 0.0947. The largest absolute Gasteiger partial charge is 0.354 e. The monoisotopic (exact) mass is 317 g/mol. The van der Waals surface area contributed by atoms with Gasteiger partial charge < -0.3 is 10.2 Å². The van der Waals surface area contributed by atoms with Gasteiger partial charge in [-0.25, -0.2) is 13.4 Å². The number of aromatic nitrogens is 2. The first-order valence-corrected chi connectivity index (χ1v) is 8.44. The van der Waals surface area contributed by atoms with Gasteiger partial charge >= 0.3 is 5.69 Å². The zero-order valence-corrected chi connectivity index (χ0v) is 13.1. The maximum Gasteiger partial charge on any atom is 0.329 e. The molecule has 0 aliphatic heterocycles. The zero-order valence-electron chi connectivity index (χ0n) is 12.2. The molecule has 21 heavy (non-hydrogen) atoms. The first-order valence-electron chi connectivity index (χ1n) is 6.38. The van der Waals surface area contributed by atoms with E-state index in [1.807, 2.05) is 6.92 Å². The number of nitrogens with zero attached hydrogens (tertiary/aromatic N) is 4. The summed E-state index contributed by atoms with van der Waals surface area (Å²) in [6.07, 6.45) is 3.10. The quantitative estimate of drug-likeness (QED) is 0.549. The van der Waals surface area contributed by atoms with Crippen LogP contribution in [0.2, 0.25) is 0 Å². The molecule has 1 aromatic rings. The van der Waals surface area contributed by atoms with Crippen LogP contribution >= 0.6 is 0 Å². The van der Waals surface area contributed by atoms with E-state index in [1.165, 1.54) is 4.90 Å². The second kappa shape index (κ2) is 7.16. The first kappa shape index (κ1) is 17.1. The smallest absolute Gasteiger partial charge is 0.329 e. The van der Waals surface area contributed by atoms with E-state index in [-0.39, 0.29) is 29.8 Å². The standard InChI is InChI=1S/C11H19N5O4S/c1-4-5-12-11-13-8-9(16(17)18)10(14-11)15(2)6-7-21(3,19)20/h8H,4-7H2,1-3H3,(H,12,13,14). The van der Waals surface area contributed by atoms with Gasteiger partial charge in [-0.3, -0.25) is 10.1 Å². The van der Waals surface area contributed by atoms with E-state index in [4.69, 9.17) is 0 Å². The summed E-state index contributed by atoms with van der Waals surface area (Å²) < 4.78 is 22.4. The average Bonchev–Trinajstić information content (AvgIpc) is 2.41. The highest BCUT2D eigenvalue weighted by Crippen LogP contribution is 2.25. The number of nitro groups is 1. The lowest BCUT2D eigenvalue weighted by atomic mass is 10.4. The van der Waals surface area contributed by atoms with Crippen LogP contribution in [0.25, 0.3) is 0 Å². The van der Waals surface area contributed by atoms with Crippen molar-refractivity contribution in [3.05, 3.63) is 16.3 Å². The Bertz CT molecular complexity index is 605. The van der Waals surface area contributed by atoms with Gasteiger partial charge in [0.1, 0.15) is 16.0 Å². The van der Waals surface area contributed by atoms with Gasteiger partial charge in [-0.15, -0.1) is 0 Å². The van der Waals surface area contributed by atoms with Gasteiger partial charge in [0, 0.05) is 26.4 Å². The predicted octanol–water partition coefficient (Wildman–Crippen LogP) is 0.688. The summed E-state index contributed by atoms with van der Waals surface area (Å²) in [7, 11) is -1.60. The Balaban J connectivity index is 3.01. The third kappa shape index (κ3) is 5.50. The van der Waals surface area contributed by atoms with Crippen LogP contribution in [0.1, 0.15) is 13.3 Å². The molecule has 0 saturated carbocycles. The molecule has 1 heterocycles. The summed E-state index contributed by atoms with van der Waals surface area (Å²) in [6.45, 7) is 2.73.